The van der Waals surface area contributed by atoms with E-state index in [1.807, 2.05) is 19.2 Å². The predicted octanol–water partition coefficient (Wildman–Crippen LogP) is 2.45. The summed E-state index contributed by atoms with van der Waals surface area (Å²) >= 11 is 5.76. The molecule has 0 saturated carbocycles. The van der Waals surface area contributed by atoms with Crippen LogP contribution in [0.15, 0.2) is 29.2 Å². The highest BCUT2D eigenvalue weighted by Crippen LogP contribution is 2.13. The molecule has 2 unspecified atom stereocenters. The van der Waals surface area contributed by atoms with E-state index in [9.17, 15) is 4.21 Å². The molecular weight excluding hydrogens is 230 g/mol. The predicted molar refractivity (Wildman–Crippen MR) is 65.9 cm³/mol. The SMILES string of the molecule is CNC(C)CCS(=O)c1ccc(Cl)cc1. The monoisotopic (exact) mass is 245 g/mol. The normalized spacial score (nSPS) is 14.9. The van der Waals surface area contributed by atoms with Crippen LogP contribution in [0.5, 0.6) is 0 Å². The Morgan fingerprint density at radius 3 is 2.53 bits per heavy atom. The number of rotatable bonds is 5. The first-order valence-corrected chi connectivity index (χ1v) is 6.64. The topological polar surface area (TPSA) is 29.1 Å². The molecule has 1 aromatic rings. The van der Waals surface area contributed by atoms with Crippen molar-refractivity contribution in [2.75, 3.05) is 12.8 Å². The van der Waals surface area contributed by atoms with E-state index in [4.69, 9.17) is 11.6 Å². The van der Waals surface area contributed by atoms with Crippen LogP contribution in [0, 0.1) is 0 Å². The molecule has 0 aliphatic carbocycles. The van der Waals surface area contributed by atoms with Crippen LogP contribution in [-0.4, -0.2) is 23.1 Å². The van der Waals surface area contributed by atoms with Gasteiger partial charge in [-0.15, -0.1) is 0 Å². The Morgan fingerprint density at radius 2 is 2.00 bits per heavy atom. The van der Waals surface area contributed by atoms with E-state index >= 15 is 0 Å². The molecule has 4 heteroatoms. The third-order valence-electron chi connectivity index (χ3n) is 2.31. The molecule has 0 aromatic heterocycles. The summed E-state index contributed by atoms with van der Waals surface area (Å²) in [4.78, 5) is 0.850. The molecule has 2 atom stereocenters. The molecule has 0 radical (unpaired) electrons. The van der Waals surface area contributed by atoms with Gasteiger partial charge in [0.25, 0.3) is 0 Å². The number of benzene rings is 1. The molecule has 0 aliphatic rings. The first kappa shape index (κ1) is 12.7. The molecular formula is C11H16ClNOS. The molecule has 1 aromatic carbocycles. The molecule has 0 fully saturated rings. The van der Waals surface area contributed by atoms with Crippen LogP contribution in [-0.2, 0) is 10.8 Å². The highest BCUT2D eigenvalue weighted by atomic mass is 35.5. The lowest BCUT2D eigenvalue weighted by atomic mass is 10.3. The number of halogens is 1. The second-order valence-electron chi connectivity index (χ2n) is 3.48. The second-order valence-corrected chi connectivity index (χ2v) is 5.49. The second kappa shape index (κ2) is 6.26. The van der Waals surface area contributed by atoms with Gasteiger partial charge in [0.15, 0.2) is 0 Å². The van der Waals surface area contributed by atoms with Crippen LogP contribution >= 0.6 is 11.6 Å². The van der Waals surface area contributed by atoms with E-state index in [0.29, 0.717) is 16.8 Å². The summed E-state index contributed by atoms with van der Waals surface area (Å²) in [6.45, 7) is 2.08. The van der Waals surface area contributed by atoms with Gasteiger partial charge in [0.2, 0.25) is 0 Å². The lowest BCUT2D eigenvalue weighted by molar-refractivity contribution is 0.591. The number of hydrogen-bond acceptors (Lipinski definition) is 2. The van der Waals surface area contributed by atoms with Gasteiger partial charge in [-0.3, -0.25) is 4.21 Å². The smallest absolute Gasteiger partial charge is 0.0530 e. The maximum atomic E-state index is 11.8. The standard InChI is InChI=1S/C11H16ClNOS/c1-9(13-2)7-8-15(14)11-5-3-10(12)4-6-11/h3-6,9,13H,7-8H2,1-2H3. The zero-order valence-corrected chi connectivity index (χ0v) is 10.6. The summed E-state index contributed by atoms with van der Waals surface area (Å²) in [6.07, 6.45) is 0.908. The molecule has 0 aliphatic heterocycles. The van der Waals surface area contributed by atoms with E-state index in [-0.39, 0.29) is 0 Å². The van der Waals surface area contributed by atoms with Crippen molar-refractivity contribution in [1.82, 2.24) is 5.32 Å². The summed E-state index contributed by atoms with van der Waals surface area (Å²) in [5, 5.41) is 3.81. The first-order chi connectivity index (χ1) is 7.13. The molecule has 0 saturated heterocycles. The lowest BCUT2D eigenvalue weighted by Gasteiger charge is -2.09. The molecule has 0 heterocycles. The van der Waals surface area contributed by atoms with Gasteiger partial charge in [0, 0.05) is 21.7 Å². The summed E-state index contributed by atoms with van der Waals surface area (Å²) in [7, 11) is 1.00. The average molecular weight is 246 g/mol. The Labute approximate surface area is 98.5 Å². The van der Waals surface area contributed by atoms with Crippen LogP contribution in [0.3, 0.4) is 0 Å². The summed E-state index contributed by atoms with van der Waals surface area (Å²) in [5.41, 5.74) is 0. The molecule has 1 rings (SSSR count). The van der Waals surface area contributed by atoms with Gasteiger partial charge in [-0.1, -0.05) is 11.6 Å². The third kappa shape index (κ3) is 4.33. The Hall–Kier alpha value is -0.380. The fourth-order valence-electron chi connectivity index (χ4n) is 1.13. The van der Waals surface area contributed by atoms with Gasteiger partial charge >= 0.3 is 0 Å². The van der Waals surface area contributed by atoms with Crippen molar-refractivity contribution < 1.29 is 4.21 Å². The first-order valence-electron chi connectivity index (χ1n) is 4.94. The Kier molecular flexibility index (Phi) is 5.29. The summed E-state index contributed by atoms with van der Waals surface area (Å²) in [6, 6.07) is 7.60. The Bertz CT molecular complexity index is 326. The van der Waals surface area contributed by atoms with Crippen LogP contribution in [0.1, 0.15) is 13.3 Å². The Balaban J connectivity index is 2.50. The molecule has 0 bridgehead atoms. The largest absolute Gasteiger partial charge is 0.317 e. The van der Waals surface area contributed by atoms with Gasteiger partial charge < -0.3 is 5.32 Å². The quantitative estimate of drug-likeness (QED) is 0.864. The van der Waals surface area contributed by atoms with Crippen LogP contribution in [0.2, 0.25) is 5.02 Å². The zero-order valence-electron chi connectivity index (χ0n) is 9.00. The van der Waals surface area contributed by atoms with E-state index in [0.717, 1.165) is 11.3 Å². The number of hydrogen-bond donors (Lipinski definition) is 1. The van der Waals surface area contributed by atoms with E-state index in [1.54, 1.807) is 12.1 Å². The maximum absolute atomic E-state index is 11.8. The van der Waals surface area contributed by atoms with Crippen LogP contribution in [0.25, 0.3) is 0 Å². The van der Waals surface area contributed by atoms with E-state index < -0.39 is 10.8 Å². The minimum Gasteiger partial charge on any atom is -0.317 e. The minimum atomic E-state index is -0.913. The van der Waals surface area contributed by atoms with Crippen molar-refractivity contribution in [2.24, 2.45) is 0 Å². The molecule has 15 heavy (non-hydrogen) atoms. The van der Waals surface area contributed by atoms with Crippen molar-refractivity contribution in [3.8, 4) is 0 Å². The Morgan fingerprint density at radius 1 is 1.40 bits per heavy atom. The van der Waals surface area contributed by atoms with Crippen molar-refractivity contribution in [3.63, 3.8) is 0 Å². The van der Waals surface area contributed by atoms with Crippen LogP contribution in [0.4, 0.5) is 0 Å². The van der Waals surface area contributed by atoms with Gasteiger partial charge in [0.05, 0.1) is 10.8 Å². The van der Waals surface area contributed by atoms with E-state index in [2.05, 4.69) is 12.2 Å². The van der Waals surface area contributed by atoms with Gasteiger partial charge in [-0.05, 0) is 44.7 Å². The highest BCUT2D eigenvalue weighted by molar-refractivity contribution is 7.85. The highest BCUT2D eigenvalue weighted by Gasteiger charge is 2.05. The third-order valence-corrected chi connectivity index (χ3v) is 3.96. The van der Waals surface area contributed by atoms with Gasteiger partial charge in [-0.25, -0.2) is 0 Å². The minimum absolute atomic E-state index is 0.404. The molecule has 84 valence electrons. The summed E-state index contributed by atoms with van der Waals surface area (Å²) < 4.78 is 11.8. The van der Waals surface area contributed by atoms with E-state index in [1.165, 1.54) is 0 Å². The molecule has 1 N–H and O–H groups in total. The van der Waals surface area contributed by atoms with Crippen molar-refractivity contribution in [2.45, 2.75) is 24.3 Å². The van der Waals surface area contributed by atoms with Gasteiger partial charge in [-0.2, -0.15) is 0 Å². The molecule has 0 spiro atoms. The lowest BCUT2D eigenvalue weighted by Crippen LogP contribution is -2.23. The number of nitrogens with one attached hydrogen (secondary N) is 1. The molecule has 2 nitrogen and oxygen atoms in total. The maximum Gasteiger partial charge on any atom is 0.0530 e. The van der Waals surface area contributed by atoms with Crippen molar-refractivity contribution >= 4 is 22.4 Å². The van der Waals surface area contributed by atoms with Crippen molar-refractivity contribution in [3.05, 3.63) is 29.3 Å². The van der Waals surface area contributed by atoms with Crippen LogP contribution < -0.4 is 5.32 Å². The fourth-order valence-corrected chi connectivity index (χ4v) is 2.50. The fraction of sp³-hybridized carbons (Fsp3) is 0.455. The molecule has 0 amide bonds. The van der Waals surface area contributed by atoms with Gasteiger partial charge in [0.1, 0.15) is 0 Å². The zero-order chi connectivity index (χ0) is 11.3. The summed E-state index contributed by atoms with van der Waals surface area (Å²) in [5.74, 6) is 0.684. The average Bonchev–Trinajstić information content (AvgIpc) is 2.26. The van der Waals surface area contributed by atoms with Crippen molar-refractivity contribution in [1.29, 1.82) is 0 Å².